The van der Waals surface area contributed by atoms with Crippen LogP contribution >= 0.6 is 11.6 Å². The molecule has 160 valence electrons. The van der Waals surface area contributed by atoms with E-state index in [-0.39, 0.29) is 17.1 Å². The minimum absolute atomic E-state index is 0.00909. The van der Waals surface area contributed by atoms with Crippen molar-refractivity contribution in [2.45, 2.75) is 37.4 Å². The number of alkyl halides is 3. The van der Waals surface area contributed by atoms with Crippen molar-refractivity contribution >= 4 is 33.2 Å². The van der Waals surface area contributed by atoms with Crippen LogP contribution < -0.4 is 10.0 Å². The molecule has 0 unspecified atom stereocenters. The Morgan fingerprint density at radius 1 is 1.24 bits per heavy atom. The molecule has 3 N–H and O–H groups in total. The average Bonchev–Trinajstić information content (AvgIpc) is 2.93. The first-order chi connectivity index (χ1) is 13.2. The highest BCUT2D eigenvalue weighted by atomic mass is 35.5. The number of nitrogens with one attached hydrogen (secondary N) is 3. The minimum Gasteiger partial charge on any atom is -0.353 e. The van der Waals surface area contributed by atoms with E-state index in [1.807, 2.05) is 4.72 Å². The SMILES string of the molecule is Cc1[nH]c(C(=O)Nc2cc(F)c(F)c(Cl)c2)cc1S(=O)(=O)N[C@H](C)CC(F)(F)F. The number of H-pyrrole nitrogens is 1. The van der Waals surface area contributed by atoms with E-state index in [1.165, 1.54) is 6.92 Å². The standard InChI is InChI=1S/C16H15ClF5N3O3S/c1-7(6-16(20,21)22)25-29(27,28)13-5-12(23-8(13)2)15(26)24-9-3-10(17)14(19)11(18)4-9/h3-5,7,23,25H,6H2,1-2H3,(H,24,26)/t7-/m1/s1. The number of aryl methyl sites for hydroxylation is 1. The van der Waals surface area contributed by atoms with Crippen molar-refractivity contribution in [3.8, 4) is 0 Å². The molecular weight excluding hydrogens is 445 g/mol. The van der Waals surface area contributed by atoms with Crippen LogP contribution in [0.15, 0.2) is 23.1 Å². The third kappa shape index (κ3) is 5.90. The van der Waals surface area contributed by atoms with Gasteiger partial charge in [0.1, 0.15) is 10.6 Å². The Morgan fingerprint density at radius 3 is 2.41 bits per heavy atom. The summed E-state index contributed by atoms with van der Waals surface area (Å²) in [6, 6.07) is 1.10. The van der Waals surface area contributed by atoms with E-state index in [0.29, 0.717) is 6.07 Å². The third-order valence-corrected chi connectivity index (χ3v) is 5.63. The molecule has 0 bridgehead atoms. The van der Waals surface area contributed by atoms with Gasteiger partial charge in [-0.15, -0.1) is 0 Å². The molecule has 2 rings (SSSR count). The highest BCUT2D eigenvalue weighted by Crippen LogP contribution is 2.25. The van der Waals surface area contributed by atoms with Gasteiger partial charge in [-0.25, -0.2) is 21.9 Å². The van der Waals surface area contributed by atoms with Crippen LogP contribution in [0.25, 0.3) is 0 Å². The Morgan fingerprint density at radius 2 is 1.86 bits per heavy atom. The molecule has 13 heteroatoms. The van der Waals surface area contributed by atoms with Crippen molar-refractivity contribution in [1.82, 2.24) is 9.71 Å². The summed E-state index contributed by atoms with van der Waals surface area (Å²) in [6.45, 7) is 2.35. The van der Waals surface area contributed by atoms with E-state index in [0.717, 1.165) is 19.1 Å². The molecule has 0 radical (unpaired) electrons. The molecule has 0 spiro atoms. The van der Waals surface area contributed by atoms with Crippen LogP contribution in [0.1, 0.15) is 29.5 Å². The maximum absolute atomic E-state index is 13.4. The lowest BCUT2D eigenvalue weighted by Crippen LogP contribution is -2.36. The van der Waals surface area contributed by atoms with Gasteiger partial charge in [-0.05, 0) is 26.0 Å². The van der Waals surface area contributed by atoms with Gasteiger partial charge in [0.2, 0.25) is 10.0 Å². The van der Waals surface area contributed by atoms with Crippen LogP contribution in [-0.2, 0) is 10.0 Å². The maximum Gasteiger partial charge on any atom is 0.390 e. The first-order valence-electron chi connectivity index (χ1n) is 7.94. The second-order valence-corrected chi connectivity index (χ2v) is 8.31. The summed E-state index contributed by atoms with van der Waals surface area (Å²) in [4.78, 5) is 14.3. The average molecular weight is 460 g/mol. The van der Waals surface area contributed by atoms with Crippen LogP contribution in [0.2, 0.25) is 5.02 Å². The molecule has 0 aliphatic carbocycles. The minimum atomic E-state index is -4.56. The van der Waals surface area contributed by atoms with Gasteiger partial charge in [-0.2, -0.15) is 13.2 Å². The lowest BCUT2D eigenvalue weighted by atomic mass is 10.2. The summed E-state index contributed by atoms with van der Waals surface area (Å²) in [6.07, 6.45) is -5.94. The number of benzene rings is 1. The normalized spacial score (nSPS) is 13.4. The highest BCUT2D eigenvalue weighted by molar-refractivity contribution is 7.89. The molecule has 0 fully saturated rings. The zero-order chi connectivity index (χ0) is 22.1. The van der Waals surface area contributed by atoms with Crippen LogP contribution in [0, 0.1) is 18.6 Å². The number of carbonyl (C=O) groups is 1. The quantitative estimate of drug-likeness (QED) is 0.448. The first-order valence-corrected chi connectivity index (χ1v) is 9.80. The molecule has 0 aliphatic rings. The van der Waals surface area contributed by atoms with E-state index in [9.17, 15) is 35.2 Å². The largest absolute Gasteiger partial charge is 0.390 e. The van der Waals surface area contributed by atoms with Crippen molar-refractivity contribution in [3.05, 3.63) is 46.2 Å². The topological polar surface area (TPSA) is 91.1 Å². The van der Waals surface area contributed by atoms with Gasteiger partial charge in [0.05, 0.1) is 11.4 Å². The number of carbonyl (C=O) groups excluding carboxylic acids is 1. The Balaban J connectivity index is 2.22. The molecule has 1 aromatic heterocycles. The third-order valence-electron chi connectivity index (χ3n) is 3.64. The molecule has 1 heterocycles. The van der Waals surface area contributed by atoms with E-state index >= 15 is 0 Å². The first kappa shape index (κ1) is 23.1. The zero-order valence-electron chi connectivity index (χ0n) is 14.9. The van der Waals surface area contributed by atoms with Crippen LogP contribution in [-0.4, -0.2) is 31.5 Å². The lowest BCUT2D eigenvalue weighted by molar-refractivity contribution is -0.137. The summed E-state index contributed by atoms with van der Waals surface area (Å²) in [5.41, 5.74) is -0.468. The molecule has 2 aromatic rings. The summed E-state index contributed by atoms with van der Waals surface area (Å²) in [7, 11) is -4.36. The van der Waals surface area contributed by atoms with Crippen molar-refractivity contribution < 1.29 is 35.2 Å². The molecule has 0 saturated heterocycles. The van der Waals surface area contributed by atoms with E-state index in [4.69, 9.17) is 11.6 Å². The van der Waals surface area contributed by atoms with Crippen LogP contribution in [0.3, 0.4) is 0 Å². The number of hydrogen-bond donors (Lipinski definition) is 3. The van der Waals surface area contributed by atoms with E-state index in [1.54, 1.807) is 0 Å². The van der Waals surface area contributed by atoms with Gasteiger partial charge < -0.3 is 10.3 Å². The number of aromatic nitrogens is 1. The lowest BCUT2D eigenvalue weighted by Gasteiger charge is -2.15. The molecule has 0 saturated carbocycles. The van der Waals surface area contributed by atoms with Gasteiger partial charge in [-0.1, -0.05) is 11.6 Å². The second-order valence-electron chi connectivity index (χ2n) is 6.22. The highest BCUT2D eigenvalue weighted by Gasteiger charge is 2.33. The Bertz CT molecular complexity index is 1010. The number of halogens is 6. The second kappa shape index (κ2) is 8.28. The molecule has 29 heavy (non-hydrogen) atoms. The van der Waals surface area contributed by atoms with Gasteiger partial charge in [0, 0.05) is 23.5 Å². The maximum atomic E-state index is 13.4. The van der Waals surface area contributed by atoms with Gasteiger partial charge >= 0.3 is 6.18 Å². The predicted molar refractivity (Wildman–Crippen MR) is 95.3 cm³/mol. The number of aromatic amines is 1. The van der Waals surface area contributed by atoms with Gasteiger partial charge in [0.25, 0.3) is 5.91 Å². The van der Waals surface area contributed by atoms with Crippen LogP contribution in [0.4, 0.5) is 27.6 Å². The Kier molecular flexibility index (Phi) is 6.60. The summed E-state index contributed by atoms with van der Waals surface area (Å²) in [5, 5.41) is 1.63. The van der Waals surface area contributed by atoms with Gasteiger partial charge in [0.15, 0.2) is 11.6 Å². The van der Waals surface area contributed by atoms with Crippen molar-refractivity contribution in [2.24, 2.45) is 0 Å². The molecule has 1 aromatic carbocycles. The number of sulfonamides is 1. The van der Waals surface area contributed by atoms with Crippen LogP contribution in [0.5, 0.6) is 0 Å². The molecule has 1 amide bonds. The van der Waals surface area contributed by atoms with E-state index < -0.39 is 56.1 Å². The fourth-order valence-electron chi connectivity index (χ4n) is 2.48. The molecular formula is C16H15ClF5N3O3S. The Labute approximate surface area is 167 Å². The summed E-state index contributed by atoms with van der Waals surface area (Å²) in [5.74, 6) is -3.51. The van der Waals surface area contributed by atoms with Crippen molar-refractivity contribution in [1.29, 1.82) is 0 Å². The van der Waals surface area contributed by atoms with Crippen molar-refractivity contribution in [3.63, 3.8) is 0 Å². The number of amides is 1. The van der Waals surface area contributed by atoms with Gasteiger partial charge in [-0.3, -0.25) is 4.79 Å². The summed E-state index contributed by atoms with van der Waals surface area (Å²) >= 11 is 5.49. The fourth-order valence-corrected chi connectivity index (χ4v) is 4.16. The monoisotopic (exact) mass is 459 g/mol. The van der Waals surface area contributed by atoms with Crippen molar-refractivity contribution in [2.75, 3.05) is 5.32 Å². The fraction of sp³-hybridized carbons (Fsp3) is 0.312. The number of hydrogen-bond acceptors (Lipinski definition) is 3. The Hall–Kier alpha value is -2.18. The molecule has 6 nitrogen and oxygen atoms in total. The number of anilines is 1. The summed E-state index contributed by atoms with van der Waals surface area (Å²) < 4.78 is 90.3. The van der Waals surface area contributed by atoms with E-state index in [2.05, 4.69) is 10.3 Å². The predicted octanol–water partition coefficient (Wildman–Crippen LogP) is 4.13. The molecule has 1 atom stereocenters. The molecule has 0 aliphatic heterocycles. The number of rotatable bonds is 6. The zero-order valence-corrected chi connectivity index (χ0v) is 16.5. The smallest absolute Gasteiger partial charge is 0.353 e.